The van der Waals surface area contributed by atoms with E-state index in [-0.39, 0.29) is 0 Å². The zero-order valence-corrected chi connectivity index (χ0v) is 12.2. The highest BCUT2D eigenvalue weighted by Gasteiger charge is 2.16. The van der Waals surface area contributed by atoms with Crippen LogP contribution < -0.4 is 5.32 Å². The molecule has 1 atom stereocenters. The van der Waals surface area contributed by atoms with Gasteiger partial charge in [-0.2, -0.15) is 0 Å². The lowest BCUT2D eigenvalue weighted by molar-refractivity contribution is 0.499. The summed E-state index contributed by atoms with van der Waals surface area (Å²) in [6.07, 6.45) is 3.88. The molecular weight excluding hydrogens is 298 g/mol. The SMILES string of the molecule is CCCNC(Cc1cccs1)c1ccoc1Br. The Hall–Kier alpha value is -0.580. The summed E-state index contributed by atoms with van der Waals surface area (Å²) in [6, 6.07) is 6.63. The second-order valence-corrected chi connectivity index (χ2v) is 5.69. The molecule has 0 aliphatic rings. The smallest absolute Gasteiger partial charge is 0.173 e. The normalized spacial score (nSPS) is 12.8. The molecule has 2 heterocycles. The molecule has 0 aliphatic carbocycles. The lowest BCUT2D eigenvalue weighted by Crippen LogP contribution is -2.23. The summed E-state index contributed by atoms with van der Waals surface area (Å²) >= 11 is 5.26. The molecule has 2 aromatic heterocycles. The molecule has 0 spiro atoms. The van der Waals surface area contributed by atoms with E-state index in [2.05, 4.69) is 45.7 Å². The topological polar surface area (TPSA) is 25.2 Å². The zero-order chi connectivity index (χ0) is 12.1. The Kier molecular flexibility index (Phi) is 4.83. The van der Waals surface area contributed by atoms with Crippen molar-refractivity contribution in [2.75, 3.05) is 6.54 Å². The average Bonchev–Trinajstić information content (AvgIpc) is 2.95. The van der Waals surface area contributed by atoms with E-state index < -0.39 is 0 Å². The van der Waals surface area contributed by atoms with Gasteiger partial charge in [0.15, 0.2) is 4.67 Å². The van der Waals surface area contributed by atoms with E-state index in [9.17, 15) is 0 Å². The van der Waals surface area contributed by atoms with E-state index in [4.69, 9.17) is 4.42 Å². The molecule has 17 heavy (non-hydrogen) atoms. The zero-order valence-electron chi connectivity index (χ0n) is 9.78. The first-order valence-corrected chi connectivity index (χ1v) is 7.47. The van der Waals surface area contributed by atoms with Crippen LogP contribution in [0.25, 0.3) is 0 Å². The summed E-state index contributed by atoms with van der Waals surface area (Å²) < 4.78 is 6.16. The number of nitrogens with one attached hydrogen (secondary N) is 1. The molecule has 4 heteroatoms. The van der Waals surface area contributed by atoms with Gasteiger partial charge in [0.25, 0.3) is 0 Å². The van der Waals surface area contributed by atoms with E-state index in [0.717, 1.165) is 24.1 Å². The highest BCUT2D eigenvalue weighted by atomic mass is 79.9. The summed E-state index contributed by atoms with van der Waals surface area (Å²) in [6.45, 7) is 3.20. The van der Waals surface area contributed by atoms with E-state index in [0.29, 0.717) is 6.04 Å². The molecule has 0 aromatic carbocycles. The summed E-state index contributed by atoms with van der Waals surface area (Å²) in [7, 11) is 0. The van der Waals surface area contributed by atoms with E-state index in [1.807, 2.05) is 6.07 Å². The molecule has 2 nitrogen and oxygen atoms in total. The highest BCUT2D eigenvalue weighted by molar-refractivity contribution is 9.10. The molecule has 0 saturated carbocycles. The van der Waals surface area contributed by atoms with Crippen LogP contribution in [0.15, 0.2) is 38.9 Å². The Morgan fingerprint density at radius 2 is 2.35 bits per heavy atom. The van der Waals surface area contributed by atoms with Gasteiger partial charge in [0.2, 0.25) is 0 Å². The fraction of sp³-hybridized carbons (Fsp3) is 0.385. The first-order chi connectivity index (χ1) is 8.31. The average molecular weight is 314 g/mol. The summed E-state index contributed by atoms with van der Waals surface area (Å²) in [5, 5.41) is 5.69. The van der Waals surface area contributed by atoms with Crippen molar-refractivity contribution in [3.8, 4) is 0 Å². The fourth-order valence-electron chi connectivity index (χ4n) is 1.79. The van der Waals surface area contributed by atoms with Crippen LogP contribution in [0.1, 0.15) is 29.8 Å². The number of halogens is 1. The Labute approximate surface area is 114 Å². The number of furan rings is 1. The summed E-state index contributed by atoms with van der Waals surface area (Å²) in [5.74, 6) is 0. The third-order valence-electron chi connectivity index (χ3n) is 2.65. The van der Waals surface area contributed by atoms with Crippen LogP contribution >= 0.6 is 27.3 Å². The predicted octanol–water partition coefficient (Wildman–Crippen LogP) is 4.39. The van der Waals surface area contributed by atoms with Crippen molar-refractivity contribution < 1.29 is 4.42 Å². The van der Waals surface area contributed by atoms with Gasteiger partial charge in [-0.25, -0.2) is 0 Å². The second kappa shape index (κ2) is 6.38. The lowest BCUT2D eigenvalue weighted by Gasteiger charge is -2.16. The fourth-order valence-corrected chi connectivity index (χ4v) is 3.06. The maximum absolute atomic E-state index is 5.32. The van der Waals surface area contributed by atoms with Crippen LogP contribution in [-0.2, 0) is 6.42 Å². The van der Waals surface area contributed by atoms with Crippen LogP contribution in [0, 0.1) is 0 Å². The minimum atomic E-state index is 0.321. The molecule has 0 fully saturated rings. The molecule has 1 unspecified atom stereocenters. The molecule has 1 N–H and O–H groups in total. The van der Waals surface area contributed by atoms with Gasteiger partial charge >= 0.3 is 0 Å². The van der Waals surface area contributed by atoms with Gasteiger partial charge in [0.1, 0.15) is 0 Å². The van der Waals surface area contributed by atoms with Crippen molar-refractivity contribution in [3.63, 3.8) is 0 Å². The molecule has 0 amide bonds. The summed E-state index contributed by atoms with van der Waals surface area (Å²) in [5.41, 5.74) is 1.20. The first kappa shape index (κ1) is 12.9. The number of rotatable bonds is 6. The third kappa shape index (κ3) is 3.44. The van der Waals surface area contributed by atoms with E-state index >= 15 is 0 Å². The van der Waals surface area contributed by atoms with Crippen LogP contribution in [0.5, 0.6) is 0 Å². The molecule has 0 saturated heterocycles. The minimum absolute atomic E-state index is 0.321. The summed E-state index contributed by atoms with van der Waals surface area (Å²) in [4.78, 5) is 1.40. The van der Waals surface area contributed by atoms with E-state index in [1.54, 1.807) is 17.6 Å². The highest BCUT2D eigenvalue weighted by Crippen LogP contribution is 2.28. The monoisotopic (exact) mass is 313 g/mol. The molecular formula is C13H16BrNOS. The maximum atomic E-state index is 5.32. The Morgan fingerprint density at radius 1 is 1.47 bits per heavy atom. The Bertz CT molecular complexity index is 438. The lowest BCUT2D eigenvalue weighted by atomic mass is 10.1. The van der Waals surface area contributed by atoms with Gasteiger partial charge in [-0.1, -0.05) is 13.0 Å². The minimum Gasteiger partial charge on any atom is -0.457 e. The van der Waals surface area contributed by atoms with E-state index in [1.165, 1.54) is 10.4 Å². The van der Waals surface area contributed by atoms with Crippen LogP contribution in [-0.4, -0.2) is 6.54 Å². The quantitative estimate of drug-likeness (QED) is 0.855. The Morgan fingerprint density at radius 3 is 2.94 bits per heavy atom. The van der Waals surface area contributed by atoms with Crippen molar-refractivity contribution in [2.24, 2.45) is 0 Å². The number of hydrogen-bond acceptors (Lipinski definition) is 3. The predicted molar refractivity (Wildman–Crippen MR) is 75.5 cm³/mol. The van der Waals surface area contributed by atoms with Crippen LogP contribution in [0.4, 0.5) is 0 Å². The van der Waals surface area contributed by atoms with Gasteiger partial charge in [-0.15, -0.1) is 11.3 Å². The maximum Gasteiger partial charge on any atom is 0.173 e. The molecule has 2 aromatic rings. The van der Waals surface area contributed by atoms with Gasteiger partial charge in [0.05, 0.1) is 6.26 Å². The van der Waals surface area contributed by atoms with Crippen LogP contribution in [0.2, 0.25) is 0 Å². The van der Waals surface area contributed by atoms with Crippen molar-refractivity contribution in [1.82, 2.24) is 5.32 Å². The Balaban J connectivity index is 2.11. The molecule has 92 valence electrons. The first-order valence-electron chi connectivity index (χ1n) is 5.80. The molecule has 0 bridgehead atoms. The third-order valence-corrected chi connectivity index (χ3v) is 4.19. The van der Waals surface area contributed by atoms with Crippen molar-refractivity contribution in [1.29, 1.82) is 0 Å². The number of thiophene rings is 1. The van der Waals surface area contributed by atoms with Gasteiger partial charge in [0, 0.05) is 22.9 Å². The molecule has 0 aliphatic heterocycles. The largest absolute Gasteiger partial charge is 0.457 e. The number of hydrogen-bond donors (Lipinski definition) is 1. The van der Waals surface area contributed by atoms with Crippen molar-refractivity contribution >= 4 is 27.3 Å². The van der Waals surface area contributed by atoms with Gasteiger partial charge in [-0.3, -0.25) is 0 Å². The second-order valence-electron chi connectivity index (χ2n) is 3.94. The molecule has 0 radical (unpaired) electrons. The van der Waals surface area contributed by atoms with Gasteiger partial charge in [-0.05, 0) is 46.4 Å². The van der Waals surface area contributed by atoms with Crippen LogP contribution in [0.3, 0.4) is 0 Å². The molecule has 2 rings (SSSR count). The standard InChI is InChI=1S/C13H16BrNOS/c1-2-6-15-12(9-10-4-3-8-17-10)11-5-7-16-13(11)14/h3-5,7-8,12,15H,2,6,9H2,1H3. The van der Waals surface area contributed by atoms with Crippen molar-refractivity contribution in [2.45, 2.75) is 25.8 Å². The van der Waals surface area contributed by atoms with Crippen molar-refractivity contribution in [3.05, 3.63) is 45.0 Å². The van der Waals surface area contributed by atoms with Gasteiger partial charge < -0.3 is 9.73 Å².